The van der Waals surface area contributed by atoms with E-state index in [1.807, 2.05) is 222 Å². The number of amides is 4. The molecule has 4 unspecified atom stereocenters. The number of nitrogens with one attached hydrogen (secondary N) is 8. The summed E-state index contributed by atoms with van der Waals surface area (Å²) in [6.45, 7) is 17.1. The van der Waals surface area contributed by atoms with Crippen LogP contribution in [0.4, 0.5) is 22.7 Å². The lowest BCUT2D eigenvalue weighted by Gasteiger charge is -2.23. The van der Waals surface area contributed by atoms with Crippen molar-refractivity contribution in [2.24, 2.45) is 46.6 Å². The van der Waals surface area contributed by atoms with E-state index in [1.165, 1.54) is 79.9 Å². The number of aromatic nitrogens is 8. The summed E-state index contributed by atoms with van der Waals surface area (Å²) >= 11 is 10.3. The van der Waals surface area contributed by atoms with Gasteiger partial charge in [0.2, 0.25) is 0 Å². The number of hydrogen-bond donors (Lipinski definition) is 12. The molecule has 768 valence electrons. The molecule has 0 saturated heterocycles. The molecule has 4 aliphatic carbocycles. The van der Waals surface area contributed by atoms with Crippen LogP contribution in [0, 0.1) is 65.2 Å². The van der Waals surface area contributed by atoms with E-state index >= 15 is 0 Å². The van der Waals surface area contributed by atoms with Gasteiger partial charge in [-0.15, -0.1) is 0 Å². The second kappa shape index (κ2) is 49.7. The SMILES string of the molecule is C.Cc1cc(C(=O)Nc2cccc(C(NCC3CC3)c3ccc(C)c(Br)c3)c2)n(-c2cccc(CN)c2)n1.Cc1cc(C(=O)Nc2cccc(C(NCC3CC3)c3ccccc3Cl)c2)n(-c2cccc(CN)c2)n1.Cc1cc(C(=O)Nc2cccc(C(NCC3CC3)c3ccccc3S(C)(=O)=O)c2)n(-c2cccc(CN)c2)n1.Cc1ccc(C(NCC2CC2)c2cccc(NC(=O)c3cc(C)nn3-c3cccc(CN)c3)c2)cc1. The molecule has 4 aromatic heterocycles. The zero-order valence-electron chi connectivity index (χ0n) is 84.4. The number of halogens is 2. The zero-order valence-corrected chi connectivity index (χ0v) is 87.5. The smallest absolute Gasteiger partial charge is 0.274 e. The number of nitrogens with zero attached hydrogens (tertiary/aromatic N) is 8. The van der Waals surface area contributed by atoms with Crippen LogP contribution >= 0.6 is 27.5 Å². The average molecular weight is 2100 g/mol. The number of carbonyl (C=O) groups is 4. The van der Waals surface area contributed by atoms with Gasteiger partial charge < -0.3 is 65.5 Å². The van der Waals surface area contributed by atoms with Crippen LogP contribution < -0.4 is 65.5 Å². The molecule has 16 aromatic rings. The van der Waals surface area contributed by atoms with Crippen LogP contribution in [0.1, 0.15) is 226 Å². The first-order valence-electron chi connectivity index (χ1n) is 50.5. The van der Waals surface area contributed by atoms with Crippen molar-refractivity contribution in [3.05, 3.63) is 442 Å². The molecule has 4 saturated carbocycles. The van der Waals surface area contributed by atoms with Gasteiger partial charge in [-0.1, -0.05) is 210 Å². The van der Waals surface area contributed by atoms with Crippen molar-refractivity contribution >= 4 is 83.7 Å². The Kier molecular flexibility index (Phi) is 35.9. The maximum atomic E-state index is 13.4. The van der Waals surface area contributed by atoms with E-state index in [1.54, 1.807) is 55.1 Å². The number of nitrogens with two attached hydrogens (primary N) is 4. The third-order valence-corrected chi connectivity index (χ3v) is 29.1. The van der Waals surface area contributed by atoms with E-state index in [9.17, 15) is 27.6 Å². The van der Waals surface area contributed by atoms with Gasteiger partial charge >= 0.3 is 0 Å². The fourth-order valence-corrected chi connectivity index (χ4v) is 19.6. The molecule has 26 nitrogen and oxygen atoms in total. The largest absolute Gasteiger partial charge is 0.326 e. The highest BCUT2D eigenvalue weighted by Gasteiger charge is 2.32. The third-order valence-electron chi connectivity index (χ3n) is 26.7. The van der Waals surface area contributed by atoms with E-state index in [4.69, 9.17) is 34.5 Å². The molecule has 20 rings (SSSR count). The van der Waals surface area contributed by atoms with Gasteiger partial charge in [0.05, 0.1) is 74.6 Å². The van der Waals surface area contributed by atoms with Crippen LogP contribution in [-0.2, 0) is 36.0 Å². The van der Waals surface area contributed by atoms with Gasteiger partial charge in [-0.25, -0.2) is 27.1 Å². The van der Waals surface area contributed by atoms with E-state index in [-0.39, 0.29) is 55.2 Å². The topological polar surface area (TPSA) is 374 Å². The minimum atomic E-state index is -3.44. The molecule has 4 amide bonds. The molecule has 4 fully saturated rings. The van der Waals surface area contributed by atoms with Gasteiger partial charge in [-0.05, 0) is 355 Å². The van der Waals surface area contributed by atoms with Crippen molar-refractivity contribution in [1.29, 1.82) is 0 Å². The fourth-order valence-electron chi connectivity index (χ4n) is 18.1. The summed E-state index contributed by atoms with van der Waals surface area (Å²) in [5.41, 5.74) is 48.7. The van der Waals surface area contributed by atoms with E-state index < -0.39 is 9.84 Å². The standard InChI is InChI=1S/C30H32BrN5O.C30H33N5O3S.C30H33N5O.C29H30ClN5O.CH4/c1-19-9-12-24(16-27(19)31)29(33-18-21-10-11-21)23-6-4-7-25(15-23)34-30(37)28-13-20(2)35-36(28)26-8-3-5-22(14-26)17-32;1-20-15-27(35(34-20)25-10-5-7-22(16-25)18-31)30(36)33-24-9-6-8-23(17-24)29(32-19-21-13-14-21)26-11-3-4-12-28(26)39(2,37)38;1-20-9-13-24(14-10-20)29(32-19-22-11-12-22)25-6-4-7-26(17-25)33-30(36)28-15-21(2)34-35(28)27-8-3-5-23(16-27)18-31;1-19-14-27(35(34-19)24-9-4-6-21(15-24)17-31)29(36)33-23-8-5-7-22(16-23)28(32-18-20-12-13-20)25-10-2-3-11-26(25)30;/h3-9,12-16,21,29,33H,10-11,17-18,32H2,1-2H3,(H,34,37);3-12,15-17,21,29,32H,13-14,18-19,31H2,1-2H3,(H,33,36);3-10,13-17,22,29,32H,11-12,18-19,31H2,1-2H3,(H,33,36);2-11,14-16,20,28,32H,12-13,17-18,31H2,1H3,(H,33,36);1H4. The summed E-state index contributed by atoms with van der Waals surface area (Å²) in [6.07, 6.45) is 11.3. The highest BCUT2D eigenvalue weighted by Crippen LogP contribution is 2.39. The molecule has 4 atom stereocenters. The maximum Gasteiger partial charge on any atom is 0.274 e. The summed E-state index contributed by atoms with van der Waals surface area (Å²) in [6, 6.07) is 99.6. The lowest BCUT2D eigenvalue weighted by molar-refractivity contribution is 0.101. The molecule has 4 heterocycles. The Morgan fingerprint density at radius 2 is 0.617 bits per heavy atom. The van der Waals surface area contributed by atoms with Crippen molar-refractivity contribution in [2.45, 2.75) is 156 Å². The Hall–Kier alpha value is -14.2. The Balaban J connectivity index is 0.000000141. The molecular formula is C120H132BrClN20O6S. The van der Waals surface area contributed by atoms with Crippen LogP contribution in [0.15, 0.2) is 319 Å². The third kappa shape index (κ3) is 28.6. The number of carbonyl (C=O) groups excluding carboxylic acids is 4. The lowest BCUT2D eigenvalue weighted by Crippen LogP contribution is -2.26. The van der Waals surface area contributed by atoms with Crippen LogP contribution in [0.5, 0.6) is 0 Å². The number of anilines is 4. The Bertz CT molecular complexity index is 7530. The summed E-state index contributed by atoms with van der Waals surface area (Å²) in [5, 5.41) is 46.0. The monoisotopic (exact) mass is 2090 g/mol. The van der Waals surface area contributed by atoms with Crippen LogP contribution in [0.25, 0.3) is 22.7 Å². The molecule has 0 spiro atoms. The summed E-state index contributed by atoms with van der Waals surface area (Å²) in [7, 11) is -3.44. The summed E-state index contributed by atoms with van der Waals surface area (Å²) in [5.74, 6) is 1.89. The predicted octanol–water partition coefficient (Wildman–Crippen LogP) is 22.0. The molecule has 16 N–H and O–H groups in total. The molecule has 29 heteroatoms. The average Bonchev–Trinajstić information content (AvgIpc) is 1.64. The van der Waals surface area contributed by atoms with Crippen LogP contribution in [0.3, 0.4) is 0 Å². The number of benzene rings is 12. The van der Waals surface area contributed by atoms with Gasteiger partial charge in [-0.2, -0.15) is 20.4 Å². The van der Waals surface area contributed by atoms with Crippen molar-refractivity contribution < 1.29 is 27.6 Å². The van der Waals surface area contributed by atoms with Crippen molar-refractivity contribution in [2.75, 3.05) is 53.7 Å². The van der Waals surface area contributed by atoms with Gasteiger partial charge in [-0.3, -0.25) is 19.2 Å². The Morgan fingerprint density at radius 3 is 0.933 bits per heavy atom. The van der Waals surface area contributed by atoms with Gasteiger partial charge in [0.1, 0.15) is 22.8 Å². The Labute approximate surface area is 886 Å². The van der Waals surface area contributed by atoms with Gasteiger partial charge in [0.25, 0.3) is 23.6 Å². The number of hydrogen-bond acceptors (Lipinski definition) is 18. The normalized spacial score (nSPS) is 13.9. The quantitative estimate of drug-likeness (QED) is 0.0172. The van der Waals surface area contributed by atoms with Gasteiger partial charge in [0, 0.05) is 64.7 Å². The van der Waals surface area contributed by atoms with Gasteiger partial charge in [0.15, 0.2) is 9.84 Å². The number of sulfone groups is 1. The molecule has 149 heavy (non-hydrogen) atoms. The number of aryl methyl sites for hydroxylation is 6. The maximum absolute atomic E-state index is 13.4. The lowest BCUT2D eigenvalue weighted by atomic mass is 9.97. The first-order chi connectivity index (χ1) is 71.6. The number of rotatable bonds is 37. The highest BCUT2D eigenvalue weighted by atomic mass is 79.9. The molecule has 0 aliphatic heterocycles. The molecule has 4 aliphatic rings. The summed E-state index contributed by atoms with van der Waals surface area (Å²) in [4.78, 5) is 53.9. The highest BCUT2D eigenvalue weighted by molar-refractivity contribution is 9.10. The van der Waals surface area contributed by atoms with Crippen LogP contribution in [0.2, 0.25) is 5.02 Å². The molecule has 12 aromatic carbocycles. The molecular weight excluding hydrogens is 1960 g/mol. The first-order valence-corrected chi connectivity index (χ1v) is 53.6. The second-order valence-corrected chi connectivity index (χ2v) is 42.3. The fraction of sp³-hybridized carbons (Fsp3) is 0.267. The zero-order chi connectivity index (χ0) is 104. The van der Waals surface area contributed by atoms with Crippen molar-refractivity contribution in [1.82, 2.24) is 60.4 Å². The summed E-state index contributed by atoms with van der Waals surface area (Å²) < 4.78 is 32.9. The van der Waals surface area contributed by atoms with E-state index in [0.29, 0.717) is 82.4 Å². The Morgan fingerprint density at radius 1 is 0.336 bits per heavy atom. The molecule has 0 bridgehead atoms. The molecule has 0 radical (unpaired) electrons. The van der Waals surface area contributed by atoms with E-state index in [0.717, 1.165) is 155 Å². The minimum Gasteiger partial charge on any atom is -0.326 e. The first kappa shape index (κ1) is 108. The minimum absolute atomic E-state index is 0. The van der Waals surface area contributed by atoms with Crippen molar-refractivity contribution in [3.8, 4) is 22.7 Å². The predicted molar refractivity (Wildman–Crippen MR) is 600 cm³/mol. The van der Waals surface area contributed by atoms with Crippen molar-refractivity contribution in [3.63, 3.8) is 0 Å². The van der Waals surface area contributed by atoms with Crippen LogP contribution in [-0.4, -0.2) is 104 Å². The second-order valence-electron chi connectivity index (χ2n) is 39.0. The van der Waals surface area contributed by atoms with E-state index in [2.05, 4.69) is 172 Å².